The zero-order valence-corrected chi connectivity index (χ0v) is 20.3. The van der Waals surface area contributed by atoms with E-state index < -0.39 is 5.82 Å². The van der Waals surface area contributed by atoms with Gasteiger partial charge in [0.1, 0.15) is 5.82 Å². The largest absolute Gasteiger partial charge is 0.385 e. The van der Waals surface area contributed by atoms with E-state index in [9.17, 15) is 4.39 Å². The molecule has 184 valence electrons. The molecule has 0 saturated heterocycles. The smallest absolute Gasteiger partial charge is 0.228 e. The number of benzene rings is 1. The Bertz CT molecular complexity index is 1540. The minimum Gasteiger partial charge on any atom is -0.385 e. The molecule has 1 aliphatic rings. The van der Waals surface area contributed by atoms with E-state index in [1.54, 1.807) is 17.8 Å². The van der Waals surface area contributed by atoms with Crippen molar-refractivity contribution in [3.63, 3.8) is 0 Å². The highest BCUT2D eigenvalue weighted by atomic mass is 19.1. The Morgan fingerprint density at radius 3 is 2.97 bits per heavy atom. The van der Waals surface area contributed by atoms with Gasteiger partial charge in [-0.3, -0.25) is 4.98 Å². The third-order valence-corrected chi connectivity index (χ3v) is 7.07. The summed E-state index contributed by atoms with van der Waals surface area (Å²) < 4.78 is 21.0. The Morgan fingerprint density at radius 1 is 1.22 bits per heavy atom. The van der Waals surface area contributed by atoms with Gasteiger partial charge < -0.3 is 15.0 Å². The number of hydrogen-bond donors (Lipinski definition) is 2. The van der Waals surface area contributed by atoms with Crippen molar-refractivity contribution < 1.29 is 9.13 Å². The number of H-pyrrole nitrogens is 1. The number of aromatic nitrogens is 6. The summed E-state index contributed by atoms with van der Waals surface area (Å²) in [7, 11) is 1.70. The number of pyridine rings is 1. The van der Waals surface area contributed by atoms with Gasteiger partial charge in [0, 0.05) is 53.7 Å². The van der Waals surface area contributed by atoms with E-state index in [4.69, 9.17) is 14.7 Å². The van der Waals surface area contributed by atoms with Crippen molar-refractivity contribution in [1.82, 2.24) is 29.5 Å². The molecule has 6 rings (SSSR count). The number of ether oxygens (including phenoxy) is 1. The third kappa shape index (κ3) is 4.09. The third-order valence-electron chi connectivity index (χ3n) is 7.07. The van der Waals surface area contributed by atoms with Crippen molar-refractivity contribution in [2.75, 3.05) is 19.0 Å². The number of rotatable bonds is 7. The molecule has 2 N–H and O–H groups in total. The molecule has 8 nitrogen and oxygen atoms in total. The van der Waals surface area contributed by atoms with Gasteiger partial charge in [0.15, 0.2) is 11.5 Å². The van der Waals surface area contributed by atoms with Gasteiger partial charge in [-0.2, -0.15) is 14.6 Å². The summed E-state index contributed by atoms with van der Waals surface area (Å²) in [5.41, 5.74) is 6.07. The lowest BCUT2D eigenvalue weighted by atomic mass is 9.91. The van der Waals surface area contributed by atoms with Gasteiger partial charge in [-0.05, 0) is 49.3 Å². The molecule has 9 heteroatoms. The van der Waals surface area contributed by atoms with Crippen LogP contribution in [0.3, 0.4) is 0 Å². The van der Waals surface area contributed by atoms with Crippen LogP contribution in [0.2, 0.25) is 0 Å². The average Bonchev–Trinajstić information content (AvgIpc) is 3.49. The fraction of sp³-hybridized carbons (Fsp3) is 0.333. The lowest BCUT2D eigenvalue weighted by Crippen LogP contribution is -2.29. The standard InChI is InChI=1S/C27H28FN7O/c1-16(9-10-36-2)22-15-30-35-26(22)33-25(17-11-18(28)14-29-13-17)34-27(35)31-19-7-8-24-21(12-19)20-5-3-4-6-23(20)32-24/h3-6,11,13-16,19,32H,7-10,12H2,1-2H3,(H,31,33,34). The number of hydrogen-bond acceptors (Lipinski definition) is 6. The first-order valence-electron chi connectivity index (χ1n) is 12.3. The van der Waals surface area contributed by atoms with Crippen LogP contribution >= 0.6 is 0 Å². The van der Waals surface area contributed by atoms with Gasteiger partial charge in [0.25, 0.3) is 0 Å². The van der Waals surface area contributed by atoms with Crippen LogP contribution in [0.5, 0.6) is 0 Å². The number of nitrogens with zero attached hydrogens (tertiary/aromatic N) is 5. The molecular formula is C27H28FN7O. The highest BCUT2D eigenvalue weighted by molar-refractivity contribution is 5.85. The molecule has 0 amide bonds. The first-order valence-corrected chi connectivity index (χ1v) is 12.3. The van der Waals surface area contributed by atoms with Gasteiger partial charge >= 0.3 is 0 Å². The van der Waals surface area contributed by atoms with Gasteiger partial charge in [-0.1, -0.05) is 25.1 Å². The summed E-state index contributed by atoms with van der Waals surface area (Å²) in [5, 5.41) is 9.55. The van der Waals surface area contributed by atoms with Gasteiger partial charge in [-0.25, -0.2) is 9.37 Å². The predicted octanol–water partition coefficient (Wildman–Crippen LogP) is 4.92. The van der Waals surface area contributed by atoms with Crippen molar-refractivity contribution in [1.29, 1.82) is 0 Å². The first kappa shape index (κ1) is 22.6. The SMILES string of the molecule is COCCC(C)c1cnn2c(NC3CCc4[nH]c5ccccc5c4C3)nc(-c3cncc(F)c3)nc12. The molecule has 4 heterocycles. The topological polar surface area (TPSA) is 93.0 Å². The number of methoxy groups -OCH3 is 1. The summed E-state index contributed by atoms with van der Waals surface area (Å²) in [4.78, 5) is 17.2. The Labute approximate surface area is 208 Å². The number of nitrogens with one attached hydrogen (secondary N) is 2. The summed E-state index contributed by atoms with van der Waals surface area (Å²) in [6.45, 7) is 2.78. The highest BCUT2D eigenvalue weighted by Crippen LogP contribution is 2.31. The number of aryl methyl sites for hydroxylation is 1. The van der Waals surface area contributed by atoms with Crippen LogP contribution in [0.15, 0.2) is 48.9 Å². The van der Waals surface area contributed by atoms with E-state index in [1.807, 2.05) is 6.20 Å². The molecular weight excluding hydrogens is 457 g/mol. The van der Waals surface area contributed by atoms with E-state index in [-0.39, 0.29) is 12.0 Å². The van der Waals surface area contributed by atoms with Gasteiger partial charge in [0.2, 0.25) is 5.95 Å². The second-order valence-corrected chi connectivity index (χ2v) is 9.49. The molecule has 2 atom stereocenters. The van der Waals surface area contributed by atoms with Crippen LogP contribution < -0.4 is 5.32 Å². The van der Waals surface area contributed by atoms with E-state index in [2.05, 4.69) is 51.6 Å². The number of fused-ring (bicyclic) bond motifs is 4. The van der Waals surface area contributed by atoms with Crippen molar-refractivity contribution in [2.24, 2.45) is 0 Å². The first-order chi connectivity index (χ1) is 17.6. The summed E-state index contributed by atoms with van der Waals surface area (Å²) in [5.74, 6) is 0.776. The fourth-order valence-electron chi connectivity index (χ4n) is 5.12. The van der Waals surface area contributed by atoms with Crippen molar-refractivity contribution in [3.05, 3.63) is 71.6 Å². The minimum atomic E-state index is -0.424. The molecule has 1 aromatic carbocycles. The molecule has 5 aromatic rings. The Balaban J connectivity index is 1.39. The fourth-order valence-corrected chi connectivity index (χ4v) is 5.12. The lowest BCUT2D eigenvalue weighted by Gasteiger charge is -2.24. The summed E-state index contributed by atoms with van der Waals surface area (Å²) >= 11 is 0. The number of anilines is 1. The maximum absolute atomic E-state index is 14.0. The lowest BCUT2D eigenvalue weighted by molar-refractivity contribution is 0.189. The normalized spacial score (nSPS) is 16.4. The van der Waals surface area contributed by atoms with Crippen LogP contribution in [0.4, 0.5) is 10.3 Å². The Kier molecular flexibility index (Phi) is 5.85. The second kappa shape index (κ2) is 9.31. The van der Waals surface area contributed by atoms with E-state index in [0.717, 1.165) is 31.2 Å². The zero-order chi connectivity index (χ0) is 24.6. The minimum absolute atomic E-state index is 0.173. The number of aromatic amines is 1. The van der Waals surface area contributed by atoms with E-state index in [1.165, 1.54) is 34.4 Å². The number of halogens is 1. The molecule has 0 saturated carbocycles. The summed E-state index contributed by atoms with van der Waals surface area (Å²) in [6, 6.07) is 10.0. The molecule has 4 aromatic heterocycles. The van der Waals surface area contributed by atoms with Crippen molar-refractivity contribution in [2.45, 2.75) is 44.6 Å². The molecule has 0 bridgehead atoms. The van der Waals surface area contributed by atoms with Crippen LogP contribution in [0.1, 0.15) is 42.5 Å². The average molecular weight is 486 g/mol. The molecule has 1 aliphatic carbocycles. The Hall–Kier alpha value is -3.85. The van der Waals surface area contributed by atoms with Crippen LogP contribution in [-0.2, 0) is 17.6 Å². The summed E-state index contributed by atoms with van der Waals surface area (Å²) in [6.07, 6.45) is 8.24. The number of para-hydroxylation sites is 1. The van der Waals surface area contributed by atoms with Crippen molar-refractivity contribution >= 4 is 22.5 Å². The van der Waals surface area contributed by atoms with Gasteiger partial charge in [-0.15, -0.1) is 0 Å². The van der Waals surface area contributed by atoms with E-state index in [0.29, 0.717) is 29.6 Å². The maximum atomic E-state index is 14.0. The van der Waals surface area contributed by atoms with Crippen LogP contribution in [-0.4, -0.2) is 49.3 Å². The Morgan fingerprint density at radius 2 is 2.11 bits per heavy atom. The van der Waals surface area contributed by atoms with Gasteiger partial charge in [0.05, 0.1) is 12.4 Å². The quantitative estimate of drug-likeness (QED) is 0.340. The molecule has 36 heavy (non-hydrogen) atoms. The molecule has 0 aliphatic heterocycles. The monoisotopic (exact) mass is 485 g/mol. The molecule has 0 radical (unpaired) electrons. The molecule has 0 fully saturated rings. The second-order valence-electron chi connectivity index (χ2n) is 9.49. The van der Waals surface area contributed by atoms with Crippen LogP contribution in [0, 0.1) is 5.82 Å². The predicted molar refractivity (Wildman–Crippen MR) is 137 cm³/mol. The zero-order valence-electron chi connectivity index (χ0n) is 20.3. The highest BCUT2D eigenvalue weighted by Gasteiger charge is 2.25. The molecule has 0 spiro atoms. The maximum Gasteiger partial charge on any atom is 0.228 e. The van der Waals surface area contributed by atoms with Crippen LogP contribution in [0.25, 0.3) is 27.9 Å². The van der Waals surface area contributed by atoms with E-state index >= 15 is 0 Å². The van der Waals surface area contributed by atoms with Crippen molar-refractivity contribution in [3.8, 4) is 11.4 Å². The molecule has 2 unspecified atom stereocenters.